The van der Waals surface area contributed by atoms with Gasteiger partial charge in [-0.15, -0.1) is 10.2 Å². The third kappa shape index (κ3) is 4.80. The number of thioether (sulfide) groups is 1. The minimum absolute atomic E-state index is 0.180. The minimum atomic E-state index is -0.180. The van der Waals surface area contributed by atoms with Gasteiger partial charge in [-0.2, -0.15) is 0 Å². The average molecular weight is 371 g/mol. The number of rotatable bonds is 6. The van der Waals surface area contributed by atoms with Crippen LogP contribution >= 0.6 is 23.1 Å². The van der Waals surface area contributed by atoms with E-state index in [0.717, 1.165) is 15.8 Å². The third-order valence-electron chi connectivity index (χ3n) is 3.48. The first-order valence-corrected chi connectivity index (χ1v) is 9.51. The Balaban J connectivity index is 1.58. The largest absolute Gasteiger partial charge is 0.378 e. The van der Waals surface area contributed by atoms with Crippen molar-refractivity contribution in [2.75, 3.05) is 24.3 Å². The second-order valence-electron chi connectivity index (χ2n) is 5.54. The topological polar surface area (TPSA) is 58.1 Å². The summed E-state index contributed by atoms with van der Waals surface area (Å²) >= 11 is 2.99. The normalized spacial score (nSPS) is 10.5. The van der Waals surface area contributed by atoms with E-state index in [1.54, 1.807) is 23.9 Å². The Morgan fingerprint density at radius 2 is 1.80 bits per heavy atom. The molecule has 1 aromatic heterocycles. The highest BCUT2D eigenvalue weighted by atomic mass is 32.2. The first-order valence-electron chi connectivity index (χ1n) is 7.71. The van der Waals surface area contributed by atoms with Crippen LogP contribution in [0.5, 0.6) is 0 Å². The van der Waals surface area contributed by atoms with Gasteiger partial charge in [-0.1, -0.05) is 53.4 Å². The van der Waals surface area contributed by atoms with Gasteiger partial charge in [0.05, 0.1) is 0 Å². The number of anilines is 2. The molecule has 1 N–H and O–H groups in total. The van der Waals surface area contributed by atoms with Crippen LogP contribution < -0.4 is 10.2 Å². The molecule has 128 valence electrons. The first-order chi connectivity index (χ1) is 12.1. The Morgan fingerprint density at radius 3 is 2.48 bits per heavy atom. The Labute approximate surface area is 155 Å². The van der Waals surface area contributed by atoms with Gasteiger partial charge in [0.1, 0.15) is 0 Å². The average Bonchev–Trinajstić information content (AvgIpc) is 3.08. The van der Waals surface area contributed by atoms with Crippen LogP contribution in [0.25, 0.3) is 0 Å². The van der Waals surface area contributed by atoms with Crippen molar-refractivity contribution in [3.8, 4) is 0 Å². The third-order valence-corrected chi connectivity index (χ3v) is 5.52. The van der Waals surface area contributed by atoms with Crippen LogP contribution in [0, 0.1) is 0 Å². The fraction of sp³-hybridized carbons (Fsp3) is 0.167. The maximum Gasteiger partial charge on any atom is 0.257 e. The lowest BCUT2D eigenvalue weighted by molar-refractivity contribution is 0.102. The molecule has 0 bridgehead atoms. The zero-order valence-electron chi connectivity index (χ0n) is 14.0. The second kappa shape index (κ2) is 8.13. The smallest absolute Gasteiger partial charge is 0.257 e. The van der Waals surface area contributed by atoms with Crippen molar-refractivity contribution >= 4 is 39.8 Å². The number of benzene rings is 2. The molecule has 1 heterocycles. The van der Waals surface area contributed by atoms with Crippen LogP contribution in [0.1, 0.15) is 15.9 Å². The second-order valence-corrected chi connectivity index (χ2v) is 7.74. The van der Waals surface area contributed by atoms with E-state index in [4.69, 9.17) is 0 Å². The van der Waals surface area contributed by atoms with Gasteiger partial charge >= 0.3 is 0 Å². The monoisotopic (exact) mass is 370 g/mol. The van der Waals surface area contributed by atoms with E-state index in [1.165, 1.54) is 16.9 Å². The summed E-state index contributed by atoms with van der Waals surface area (Å²) in [6.07, 6.45) is 0. The zero-order valence-corrected chi connectivity index (χ0v) is 15.6. The molecule has 0 spiro atoms. The van der Waals surface area contributed by atoms with E-state index in [9.17, 15) is 4.79 Å². The van der Waals surface area contributed by atoms with Gasteiger partial charge in [0, 0.05) is 31.1 Å². The molecule has 0 saturated carbocycles. The van der Waals surface area contributed by atoms with Crippen molar-refractivity contribution < 1.29 is 4.79 Å². The lowest BCUT2D eigenvalue weighted by atomic mass is 10.2. The van der Waals surface area contributed by atoms with Crippen molar-refractivity contribution in [1.29, 1.82) is 0 Å². The maximum atomic E-state index is 12.3. The van der Waals surface area contributed by atoms with Crippen molar-refractivity contribution in [2.24, 2.45) is 0 Å². The molecule has 2 aromatic carbocycles. The fourth-order valence-electron chi connectivity index (χ4n) is 2.12. The van der Waals surface area contributed by atoms with E-state index in [0.29, 0.717) is 10.7 Å². The molecule has 7 heteroatoms. The molecule has 0 saturated heterocycles. The van der Waals surface area contributed by atoms with E-state index < -0.39 is 0 Å². The molecule has 0 aliphatic heterocycles. The summed E-state index contributed by atoms with van der Waals surface area (Å²) in [7, 11) is 3.93. The summed E-state index contributed by atoms with van der Waals surface area (Å²) < 4.78 is 0.835. The van der Waals surface area contributed by atoms with Crippen LogP contribution in [-0.4, -0.2) is 30.2 Å². The van der Waals surface area contributed by atoms with E-state index in [1.807, 2.05) is 49.3 Å². The highest BCUT2D eigenvalue weighted by Gasteiger charge is 2.11. The molecule has 0 atom stereocenters. The standard InChI is InChI=1S/C18H18N4OS2/c1-22(2)15-10-8-14(9-11-15)16(23)19-17-20-21-18(25-17)24-12-13-6-4-3-5-7-13/h3-11H,12H2,1-2H3,(H,19,20,23). The molecular formula is C18H18N4OS2. The molecule has 0 aliphatic rings. The molecule has 0 aliphatic carbocycles. The van der Waals surface area contributed by atoms with Gasteiger partial charge in [-0.3, -0.25) is 10.1 Å². The molecule has 25 heavy (non-hydrogen) atoms. The molecule has 3 rings (SSSR count). The molecule has 0 fully saturated rings. The quantitative estimate of drug-likeness (QED) is 0.522. The van der Waals surface area contributed by atoms with Crippen LogP contribution in [0.3, 0.4) is 0 Å². The molecule has 5 nitrogen and oxygen atoms in total. The van der Waals surface area contributed by atoms with Gasteiger partial charge < -0.3 is 4.90 Å². The van der Waals surface area contributed by atoms with Crippen molar-refractivity contribution in [3.05, 3.63) is 65.7 Å². The molecular weight excluding hydrogens is 352 g/mol. The van der Waals surface area contributed by atoms with Crippen molar-refractivity contribution in [2.45, 2.75) is 10.1 Å². The minimum Gasteiger partial charge on any atom is -0.378 e. The Bertz CT molecular complexity index is 832. The van der Waals surface area contributed by atoms with Crippen LogP contribution in [-0.2, 0) is 5.75 Å². The predicted octanol–water partition coefficient (Wildman–Crippen LogP) is 4.15. The number of carbonyl (C=O) groups is 1. The molecule has 0 unspecified atom stereocenters. The van der Waals surface area contributed by atoms with Gasteiger partial charge in [-0.05, 0) is 29.8 Å². The number of amides is 1. The molecule has 0 radical (unpaired) electrons. The van der Waals surface area contributed by atoms with Crippen LogP contribution in [0.2, 0.25) is 0 Å². The SMILES string of the molecule is CN(C)c1ccc(C(=O)Nc2nnc(SCc3ccccc3)s2)cc1. The van der Waals surface area contributed by atoms with Crippen molar-refractivity contribution in [3.63, 3.8) is 0 Å². The predicted molar refractivity (Wildman–Crippen MR) is 105 cm³/mol. The number of hydrogen-bond donors (Lipinski definition) is 1. The summed E-state index contributed by atoms with van der Waals surface area (Å²) in [6, 6.07) is 17.6. The Hall–Kier alpha value is -2.38. The zero-order chi connectivity index (χ0) is 17.6. The summed E-state index contributed by atoms with van der Waals surface area (Å²) in [4.78, 5) is 14.3. The van der Waals surface area contributed by atoms with Gasteiger partial charge in [0.2, 0.25) is 5.13 Å². The van der Waals surface area contributed by atoms with Crippen LogP contribution in [0.4, 0.5) is 10.8 Å². The van der Waals surface area contributed by atoms with Crippen molar-refractivity contribution in [1.82, 2.24) is 10.2 Å². The van der Waals surface area contributed by atoms with Crippen LogP contribution in [0.15, 0.2) is 58.9 Å². The highest BCUT2D eigenvalue weighted by Crippen LogP contribution is 2.28. The van der Waals surface area contributed by atoms with Gasteiger partial charge in [0.15, 0.2) is 4.34 Å². The van der Waals surface area contributed by atoms with E-state index in [2.05, 4.69) is 27.6 Å². The first kappa shape index (κ1) is 17.4. The summed E-state index contributed by atoms with van der Waals surface area (Å²) in [6.45, 7) is 0. The summed E-state index contributed by atoms with van der Waals surface area (Å²) in [5.41, 5.74) is 2.88. The molecule has 3 aromatic rings. The lowest BCUT2D eigenvalue weighted by Crippen LogP contribution is -2.13. The number of hydrogen-bond acceptors (Lipinski definition) is 6. The van der Waals surface area contributed by atoms with E-state index >= 15 is 0 Å². The summed E-state index contributed by atoms with van der Waals surface area (Å²) in [5, 5.41) is 11.5. The van der Waals surface area contributed by atoms with Gasteiger partial charge in [-0.25, -0.2) is 0 Å². The fourth-order valence-corrected chi connectivity index (χ4v) is 3.82. The number of aromatic nitrogens is 2. The number of nitrogens with one attached hydrogen (secondary N) is 1. The molecule has 1 amide bonds. The van der Waals surface area contributed by atoms with Gasteiger partial charge in [0.25, 0.3) is 5.91 Å². The number of nitrogens with zero attached hydrogens (tertiary/aromatic N) is 3. The Morgan fingerprint density at radius 1 is 1.08 bits per heavy atom. The number of carbonyl (C=O) groups excluding carboxylic acids is 1. The lowest BCUT2D eigenvalue weighted by Gasteiger charge is -2.12. The highest BCUT2D eigenvalue weighted by molar-refractivity contribution is 8.00. The van der Waals surface area contributed by atoms with E-state index in [-0.39, 0.29) is 5.91 Å². The Kier molecular flexibility index (Phi) is 5.67. The maximum absolute atomic E-state index is 12.3. The summed E-state index contributed by atoms with van der Waals surface area (Å²) in [5.74, 6) is 0.649.